The minimum absolute atomic E-state index is 0.0316. The normalized spacial score (nSPS) is 15.8. The lowest BCUT2D eigenvalue weighted by Gasteiger charge is -2.16. The second-order valence-electron chi connectivity index (χ2n) is 7.06. The van der Waals surface area contributed by atoms with Crippen LogP contribution >= 0.6 is 11.8 Å². The van der Waals surface area contributed by atoms with E-state index in [0.29, 0.717) is 16.7 Å². The Morgan fingerprint density at radius 1 is 1.23 bits per heavy atom. The van der Waals surface area contributed by atoms with Crippen LogP contribution in [-0.2, 0) is 15.3 Å². The van der Waals surface area contributed by atoms with Gasteiger partial charge in [-0.05, 0) is 25.1 Å². The van der Waals surface area contributed by atoms with Crippen molar-refractivity contribution in [1.82, 2.24) is 9.97 Å². The number of aromatic nitrogens is 2. The molecule has 0 spiro atoms. The average molecular weight is 437 g/mol. The molecular formula is C22H19N3O5S. The highest BCUT2D eigenvalue weighted by Gasteiger charge is 2.36. The molecule has 9 heteroatoms. The summed E-state index contributed by atoms with van der Waals surface area (Å²) < 4.78 is 10.7. The largest absolute Gasteiger partial charge is 0.464 e. The molecule has 1 unspecified atom stereocenters. The van der Waals surface area contributed by atoms with Gasteiger partial charge in [0, 0.05) is 37.1 Å². The number of carbonyl (C=O) groups is 2. The number of carbonyl (C=O) groups excluding carboxylic acids is 2. The molecule has 158 valence electrons. The van der Waals surface area contributed by atoms with Crippen molar-refractivity contribution >= 4 is 29.3 Å². The van der Waals surface area contributed by atoms with Crippen LogP contribution in [0.5, 0.6) is 5.75 Å². The van der Waals surface area contributed by atoms with Gasteiger partial charge in [0.15, 0.2) is 5.16 Å². The number of rotatable bonds is 6. The molecule has 1 saturated heterocycles. The van der Waals surface area contributed by atoms with Gasteiger partial charge in [-0.2, -0.15) is 0 Å². The zero-order valence-electron chi connectivity index (χ0n) is 16.7. The molecule has 0 radical (unpaired) electrons. The number of aryl methyl sites for hydroxylation is 1. The molecule has 2 aromatic heterocycles. The lowest BCUT2D eigenvalue weighted by molar-refractivity contribution is -0.139. The Morgan fingerprint density at radius 3 is 2.68 bits per heavy atom. The third kappa shape index (κ3) is 5.00. The second-order valence-corrected chi connectivity index (χ2v) is 8.00. The number of esters is 1. The molecule has 0 aliphatic carbocycles. The van der Waals surface area contributed by atoms with Crippen LogP contribution in [0.3, 0.4) is 0 Å². The number of hydrogen-bond donors (Lipinski definition) is 0. The maximum atomic E-state index is 12.5. The van der Waals surface area contributed by atoms with E-state index in [4.69, 9.17) is 9.15 Å². The first-order chi connectivity index (χ1) is 15.0. The monoisotopic (exact) mass is 437 g/mol. The number of benzene rings is 1. The minimum atomic E-state index is -0.654. The Morgan fingerprint density at radius 2 is 1.97 bits per heavy atom. The van der Waals surface area contributed by atoms with Crippen molar-refractivity contribution in [3.05, 3.63) is 76.6 Å². The lowest BCUT2D eigenvalue weighted by atomic mass is 10.1. The molecule has 3 aromatic rings. The summed E-state index contributed by atoms with van der Waals surface area (Å²) in [6.07, 6.45) is 4.41. The van der Waals surface area contributed by atoms with E-state index >= 15 is 0 Å². The van der Waals surface area contributed by atoms with E-state index in [0.717, 1.165) is 17.5 Å². The van der Waals surface area contributed by atoms with Crippen LogP contribution in [-0.4, -0.2) is 28.4 Å². The van der Waals surface area contributed by atoms with Crippen LogP contribution in [0.1, 0.15) is 17.7 Å². The fourth-order valence-electron chi connectivity index (χ4n) is 3.12. The van der Waals surface area contributed by atoms with Crippen LogP contribution in [0.25, 0.3) is 0 Å². The maximum Gasteiger partial charge on any atom is 0.316 e. The van der Waals surface area contributed by atoms with Gasteiger partial charge in [0.25, 0.3) is 0 Å². The molecule has 0 N–H and O–H groups in total. The Hall–Kier alpha value is -3.46. The topological polar surface area (TPSA) is 103 Å². The molecule has 0 bridgehead atoms. The molecule has 1 fully saturated rings. The number of nitrogens with zero attached hydrogens (tertiary/aromatic N) is 3. The number of hydrogen-bond acceptors (Lipinski definition) is 8. The first kappa shape index (κ1) is 20.8. The molecule has 4 rings (SSSR count). The Kier molecular flexibility index (Phi) is 6.13. The fourth-order valence-corrected chi connectivity index (χ4v) is 3.81. The van der Waals surface area contributed by atoms with E-state index in [1.54, 1.807) is 23.4 Å². The van der Waals surface area contributed by atoms with Gasteiger partial charge in [0.1, 0.15) is 12.0 Å². The molecule has 1 aromatic carbocycles. The standard InChI is InChI=1S/C22H19N3O5S/c1-14-3-5-16(6-4-14)25-11-15(9-20(25)27)21(28)30-19-12-29-17(10-18(19)26)13-31-22-23-7-2-8-24-22/h2-8,10,12,15H,9,11,13H2,1H3. The van der Waals surface area contributed by atoms with Crippen molar-refractivity contribution in [2.45, 2.75) is 24.3 Å². The maximum absolute atomic E-state index is 12.5. The third-order valence-electron chi connectivity index (χ3n) is 4.75. The highest BCUT2D eigenvalue weighted by atomic mass is 32.2. The van der Waals surface area contributed by atoms with E-state index in [9.17, 15) is 14.4 Å². The molecule has 31 heavy (non-hydrogen) atoms. The third-order valence-corrected chi connectivity index (χ3v) is 5.65. The summed E-state index contributed by atoms with van der Waals surface area (Å²) in [5.74, 6) is -0.877. The van der Waals surface area contributed by atoms with Gasteiger partial charge in [0.2, 0.25) is 17.1 Å². The van der Waals surface area contributed by atoms with Gasteiger partial charge in [-0.1, -0.05) is 29.5 Å². The molecule has 1 amide bonds. The molecule has 1 aliphatic rings. The van der Waals surface area contributed by atoms with Crippen molar-refractivity contribution in [1.29, 1.82) is 0 Å². The summed E-state index contributed by atoms with van der Waals surface area (Å²) >= 11 is 1.32. The SMILES string of the molecule is Cc1ccc(N2CC(C(=O)Oc3coc(CSc4ncccn4)cc3=O)CC2=O)cc1. The van der Waals surface area contributed by atoms with Crippen molar-refractivity contribution in [2.75, 3.05) is 11.4 Å². The summed E-state index contributed by atoms with van der Waals surface area (Å²) in [6, 6.07) is 10.5. The molecular weight excluding hydrogens is 418 g/mol. The number of amides is 1. The molecule has 1 aliphatic heterocycles. The number of anilines is 1. The van der Waals surface area contributed by atoms with Crippen molar-refractivity contribution in [2.24, 2.45) is 5.92 Å². The van der Waals surface area contributed by atoms with Gasteiger partial charge < -0.3 is 14.1 Å². The zero-order valence-corrected chi connectivity index (χ0v) is 17.5. The molecule has 1 atom stereocenters. The van der Waals surface area contributed by atoms with E-state index in [1.165, 1.54) is 17.8 Å². The van der Waals surface area contributed by atoms with Gasteiger partial charge >= 0.3 is 5.97 Å². The predicted octanol–water partition coefficient (Wildman–Crippen LogP) is 2.99. The quantitative estimate of drug-likeness (QED) is 0.329. The summed E-state index contributed by atoms with van der Waals surface area (Å²) in [4.78, 5) is 46.9. The smallest absolute Gasteiger partial charge is 0.316 e. The van der Waals surface area contributed by atoms with Crippen molar-refractivity contribution in [3.8, 4) is 5.75 Å². The van der Waals surface area contributed by atoms with Crippen LogP contribution < -0.4 is 15.1 Å². The average Bonchev–Trinajstić information content (AvgIpc) is 3.17. The van der Waals surface area contributed by atoms with Crippen LogP contribution in [0.2, 0.25) is 0 Å². The number of ether oxygens (including phenoxy) is 1. The summed E-state index contributed by atoms with van der Waals surface area (Å²) in [7, 11) is 0. The Labute approximate surface area is 182 Å². The molecule has 8 nitrogen and oxygen atoms in total. The van der Waals surface area contributed by atoms with E-state index in [1.807, 2.05) is 31.2 Å². The first-order valence-electron chi connectivity index (χ1n) is 9.60. The van der Waals surface area contributed by atoms with Gasteiger partial charge in [0.05, 0.1) is 11.7 Å². The van der Waals surface area contributed by atoms with Gasteiger partial charge in [-0.15, -0.1) is 0 Å². The van der Waals surface area contributed by atoms with E-state index < -0.39 is 17.3 Å². The minimum Gasteiger partial charge on any atom is -0.464 e. The summed E-state index contributed by atoms with van der Waals surface area (Å²) in [5.41, 5.74) is 1.34. The molecule has 0 saturated carbocycles. The van der Waals surface area contributed by atoms with E-state index in [-0.39, 0.29) is 24.6 Å². The van der Waals surface area contributed by atoms with E-state index in [2.05, 4.69) is 9.97 Å². The number of thioether (sulfide) groups is 1. The van der Waals surface area contributed by atoms with Crippen molar-refractivity contribution < 1.29 is 18.7 Å². The Balaban J connectivity index is 1.37. The first-order valence-corrected chi connectivity index (χ1v) is 10.6. The summed E-state index contributed by atoms with van der Waals surface area (Å²) in [6.45, 7) is 2.17. The highest BCUT2D eigenvalue weighted by Crippen LogP contribution is 2.26. The van der Waals surface area contributed by atoms with Crippen molar-refractivity contribution in [3.63, 3.8) is 0 Å². The highest BCUT2D eigenvalue weighted by molar-refractivity contribution is 7.98. The predicted molar refractivity (Wildman–Crippen MR) is 114 cm³/mol. The van der Waals surface area contributed by atoms with Crippen LogP contribution in [0.4, 0.5) is 5.69 Å². The summed E-state index contributed by atoms with van der Waals surface area (Å²) in [5, 5.41) is 0.560. The fraction of sp³-hybridized carbons (Fsp3) is 0.227. The zero-order chi connectivity index (χ0) is 21.8. The van der Waals surface area contributed by atoms with Gasteiger partial charge in [-0.3, -0.25) is 14.4 Å². The van der Waals surface area contributed by atoms with Gasteiger partial charge in [-0.25, -0.2) is 9.97 Å². The molecule has 3 heterocycles. The lowest BCUT2D eigenvalue weighted by Crippen LogP contribution is -2.28. The second kappa shape index (κ2) is 9.13. The van der Waals surface area contributed by atoms with Crippen LogP contribution in [0.15, 0.2) is 69.4 Å². The Bertz CT molecular complexity index is 1150. The van der Waals surface area contributed by atoms with Crippen LogP contribution in [0, 0.1) is 12.8 Å².